The number of nitrogens with zero attached hydrogens (tertiary/aromatic N) is 4. The Morgan fingerprint density at radius 1 is 1.25 bits per heavy atom. The van der Waals surface area contributed by atoms with Crippen molar-refractivity contribution in [3.8, 4) is 5.75 Å². The van der Waals surface area contributed by atoms with Crippen LogP contribution in [-0.2, 0) is 15.1 Å². The molecule has 2 aromatic rings. The van der Waals surface area contributed by atoms with Crippen molar-refractivity contribution in [2.45, 2.75) is 18.4 Å². The first kappa shape index (κ1) is 16.0. The summed E-state index contributed by atoms with van der Waals surface area (Å²) in [7, 11) is 0. The van der Waals surface area contributed by atoms with E-state index in [1.54, 1.807) is 41.7 Å². The Morgan fingerprint density at radius 3 is 2.62 bits per heavy atom. The van der Waals surface area contributed by atoms with Gasteiger partial charge in [-0.25, -0.2) is 4.79 Å². The number of hydrogen-bond donors (Lipinski definition) is 1. The first-order valence-electron chi connectivity index (χ1n) is 7.66. The molecule has 8 nitrogen and oxygen atoms in total. The van der Waals surface area contributed by atoms with Gasteiger partial charge in [-0.05, 0) is 18.2 Å². The highest BCUT2D eigenvalue weighted by Crippen LogP contribution is 2.30. The fourth-order valence-electron chi connectivity index (χ4n) is 2.86. The highest BCUT2D eigenvalue weighted by Gasteiger charge is 2.44. The van der Waals surface area contributed by atoms with Gasteiger partial charge in [0.25, 0.3) is 5.91 Å². The van der Waals surface area contributed by atoms with E-state index in [0.717, 1.165) is 0 Å². The molecule has 3 rings (SSSR count). The number of pyridine rings is 1. The third-order valence-electron chi connectivity index (χ3n) is 4.28. The molecule has 1 aliphatic heterocycles. The predicted octanol–water partition coefficient (Wildman–Crippen LogP) is 0.759. The normalized spacial score (nSPS) is 16.6. The van der Waals surface area contributed by atoms with Crippen LogP contribution in [0.1, 0.15) is 12.8 Å². The first-order valence-corrected chi connectivity index (χ1v) is 7.66. The van der Waals surface area contributed by atoms with Gasteiger partial charge in [-0.3, -0.25) is 14.5 Å². The lowest BCUT2D eigenvalue weighted by atomic mass is 9.87. The molecule has 2 aromatic heterocycles. The summed E-state index contributed by atoms with van der Waals surface area (Å²) in [6.45, 7) is 0.607. The Balaban J connectivity index is 1.59. The predicted molar refractivity (Wildman–Crippen MR) is 83.4 cm³/mol. The van der Waals surface area contributed by atoms with Gasteiger partial charge in [0.05, 0.1) is 6.20 Å². The number of amides is 1. The zero-order valence-corrected chi connectivity index (χ0v) is 13.0. The first-order chi connectivity index (χ1) is 11.6. The Labute approximate surface area is 138 Å². The van der Waals surface area contributed by atoms with E-state index in [9.17, 15) is 14.7 Å². The maximum absolute atomic E-state index is 12.2. The minimum Gasteiger partial charge on any atom is -0.482 e. The molecule has 0 bridgehead atoms. The number of piperidine rings is 1. The van der Waals surface area contributed by atoms with Crippen molar-refractivity contribution in [1.29, 1.82) is 0 Å². The summed E-state index contributed by atoms with van der Waals surface area (Å²) >= 11 is 0. The van der Waals surface area contributed by atoms with Gasteiger partial charge < -0.3 is 14.7 Å². The van der Waals surface area contributed by atoms with Crippen LogP contribution >= 0.6 is 0 Å². The number of aromatic nitrogens is 3. The second-order valence-corrected chi connectivity index (χ2v) is 5.65. The second kappa shape index (κ2) is 6.69. The summed E-state index contributed by atoms with van der Waals surface area (Å²) in [6.07, 6.45) is 6.99. The van der Waals surface area contributed by atoms with E-state index in [4.69, 9.17) is 4.74 Å². The van der Waals surface area contributed by atoms with E-state index in [0.29, 0.717) is 31.7 Å². The smallest absolute Gasteiger partial charge is 0.331 e. The summed E-state index contributed by atoms with van der Waals surface area (Å²) < 4.78 is 6.88. The zero-order chi connectivity index (χ0) is 17.0. The Morgan fingerprint density at radius 2 is 2.04 bits per heavy atom. The average molecular weight is 330 g/mol. The molecule has 0 aromatic carbocycles. The fourth-order valence-corrected chi connectivity index (χ4v) is 2.86. The molecule has 126 valence electrons. The molecule has 1 N–H and O–H groups in total. The number of hydrogen-bond acceptors (Lipinski definition) is 5. The lowest BCUT2D eigenvalue weighted by Gasteiger charge is -2.38. The molecule has 1 fully saturated rings. The van der Waals surface area contributed by atoms with Crippen molar-refractivity contribution in [3.63, 3.8) is 0 Å². The van der Waals surface area contributed by atoms with Crippen LogP contribution in [0.4, 0.5) is 0 Å². The number of carboxylic acid groups (broad SMARTS) is 1. The molecule has 1 amide bonds. The SMILES string of the molecule is O=C(COc1cccnc1)N1CCC(C(=O)O)(n2cccn2)CC1. The lowest BCUT2D eigenvalue weighted by molar-refractivity contribution is -0.153. The third-order valence-corrected chi connectivity index (χ3v) is 4.28. The topological polar surface area (TPSA) is 97.5 Å². The number of ether oxygens (including phenoxy) is 1. The Kier molecular flexibility index (Phi) is 4.45. The summed E-state index contributed by atoms with van der Waals surface area (Å²) in [6, 6.07) is 5.15. The van der Waals surface area contributed by atoms with Gasteiger partial charge in [-0.2, -0.15) is 5.10 Å². The molecule has 24 heavy (non-hydrogen) atoms. The standard InChI is InChI=1S/C16H18N4O4/c21-14(12-24-13-3-1-6-17-11-13)19-9-4-16(5-10-19,15(22)23)20-8-2-7-18-20/h1-3,6-8,11H,4-5,9-10,12H2,(H,22,23). The molecule has 1 saturated heterocycles. The maximum Gasteiger partial charge on any atom is 0.331 e. The quantitative estimate of drug-likeness (QED) is 0.869. The van der Waals surface area contributed by atoms with Gasteiger partial charge in [0.1, 0.15) is 5.75 Å². The van der Waals surface area contributed by atoms with Gasteiger partial charge in [0.15, 0.2) is 12.1 Å². The van der Waals surface area contributed by atoms with Crippen molar-refractivity contribution in [2.24, 2.45) is 0 Å². The summed E-state index contributed by atoms with van der Waals surface area (Å²) in [4.78, 5) is 29.6. The number of carboxylic acids is 1. The van der Waals surface area contributed by atoms with Crippen LogP contribution in [-0.4, -0.2) is 56.3 Å². The fraction of sp³-hybridized carbons (Fsp3) is 0.375. The third kappa shape index (κ3) is 3.08. The number of aliphatic carboxylic acids is 1. The van der Waals surface area contributed by atoms with E-state index < -0.39 is 11.5 Å². The van der Waals surface area contributed by atoms with Gasteiger partial charge in [-0.1, -0.05) is 0 Å². The Bertz CT molecular complexity index is 694. The average Bonchev–Trinajstić information content (AvgIpc) is 3.15. The second-order valence-electron chi connectivity index (χ2n) is 5.65. The number of rotatable bonds is 5. The molecule has 1 aliphatic rings. The molecule has 0 aliphatic carbocycles. The molecular weight excluding hydrogens is 312 g/mol. The van der Waals surface area contributed by atoms with Gasteiger partial charge in [0, 0.05) is 44.5 Å². The van der Waals surface area contributed by atoms with Crippen LogP contribution in [0.5, 0.6) is 5.75 Å². The highest BCUT2D eigenvalue weighted by atomic mass is 16.5. The van der Waals surface area contributed by atoms with Gasteiger partial charge in [0.2, 0.25) is 0 Å². The van der Waals surface area contributed by atoms with Crippen LogP contribution in [0.3, 0.4) is 0 Å². The maximum atomic E-state index is 12.2. The van der Waals surface area contributed by atoms with Crippen molar-refractivity contribution >= 4 is 11.9 Å². The minimum absolute atomic E-state index is 0.0897. The molecule has 0 unspecified atom stereocenters. The summed E-state index contributed by atoms with van der Waals surface area (Å²) in [5.41, 5.74) is -1.09. The van der Waals surface area contributed by atoms with Crippen LogP contribution in [0.15, 0.2) is 43.0 Å². The molecule has 0 atom stereocenters. The Hall–Kier alpha value is -2.90. The largest absolute Gasteiger partial charge is 0.482 e. The number of likely N-dealkylation sites (tertiary alicyclic amines) is 1. The monoisotopic (exact) mass is 330 g/mol. The number of carbonyl (C=O) groups excluding carboxylic acids is 1. The van der Waals surface area contributed by atoms with Crippen LogP contribution in [0, 0.1) is 0 Å². The summed E-state index contributed by atoms with van der Waals surface area (Å²) in [5.74, 6) is -0.567. The van der Waals surface area contributed by atoms with E-state index in [2.05, 4.69) is 10.1 Å². The highest BCUT2D eigenvalue weighted by molar-refractivity contribution is 5.80. The van der Waals surface area contributed by atoms with Gasteiger partial charge in [-0.15, -0.1) is 0 Å². The molecular formula is C16H18N4O4. The van der Waals surface area contributed by atoms with Crippen LogP contribution < -0.4 is 4.74 Å². The summed E-state index contributed by atoms with van der Waals surface area (Å²) in [5, 5.41) is 13.7. The van der Waals surface area contributed by atoms with Crippen LogP contribution in [0.25, 0.3) is 0 Å². The molecule has 0 spiro atoms. The van der Waals surface area contributed by atoms with E-state index in [1.807, 2.05) is 0 Å². The zero-order valence-electron chi connectivity index (χ0n) is 13.0. The van der Waals surface area contributed by atoms with Crippen molar-refractivity contribution in [1.82, 2.24) is 19.7 Å². The molecule has 3 heterocycles. The van der Waals surface area contributed by atoms with Crippen molar-refractivity contribution in [2.75, 3.05) is 19.7 Å². The number of carbonyl (C=O) groups is 2. The lowest BCUT2D eigenvalue weighted by Crippen LogP contribution is -2.53. The molecule has 0 radical (unpaired) electrons. The van der Waals surface area contributed by atoms with E-state index >= 15 is 0 Å². The van der Waals surface area contributed by atoms with Crippen molar-refractivity contribution < 1.29 is 19.4 Å². The van der Waals surface area contributed by atoms with Crippen molar-refractivity contribution in [3.05, 3.63) is 43.0 Å². The van der Waals surface area contributed by atoms with Gasteiger partial charge >= 0.3 is 5.97 Å². The van der Waals surface area contributed by atoms with Crippen LogP contribution in [0.2, 0.25) is 0 Å². The molecule has 8 heteroatoms. The molecule has 0 saturated carbocycles. The van der Waals surface area contributed by atoms with E-state index in [-0.39, 0.29) is 12.5 Å². The minimum atomic E-state index is -1.09. The van der Waals surface area contributed by atoms with E-state index in [1.165, 1.54) is 10.9 Å².